The van der Waals surface area contributed by atoms with Gasteiger partial charge < -0.3 is 19.7 Å². The van der Waals surface area contributed by atoms with Gasteiger partial charge in [0.1, 0.15) is 13.2 Å². The molecule has 1 N–H and O–H groups in total. The van der Waals surface area contributed by atoms with Gasteiger partial charge in [0.25, 0.3) is 0 Å². The number of hydrogen-bond acceptors (Lipinski definition) is 4. The number of nitrogens with one attached hydrogen (secondary N) is 1. The maximum absolute atomic E-state index is 13.3. The van der Waals surface area contributed by atoms with Crippen LogP contribution in [0.5, 0.6) is 11.5 Å². The minimum absolute atomic E-state index is 0. The van der Waals surface area contributed by atoms with E-state index < -0.39 is 0 Å². The first-order valence-corrected chi connectivity index (χ1v) is 11.1. The second-order valence-corrected chi connectivity index (χ2v) is 9.17. The standard InChI is InChI=1S/C23H32N2O3.ClH/c1-16-18-12-20-21(28-11-10-27-20)13-19(18)23(7-2-3-8-23)15-25(16)22(26)5-4-17-6-9-24-14-17;/h12-13,16-17,24H,2-11,14-15H2,1H3;1H. The summed E-state index contributed by atoms with van der Waals surface area (Å²) in [6.07, 6.45) is 7.73. The van der Waals surface area contributed by atoms with Crippen LogP contribution < -0.4 is 14.8 Å². The Labute approximate surface area is 179 Å². The lowest BCUT2D eigenvalue weighted by Crippen LogP contribution is -2.48. The number of hydrogen-bond donors (Lipinski definition) is 1. The van der Waals surface area contributed by atoms with Crippen LogP contribution in [0.25, 0.3) is 0 Å². The number of nitrogens with zero attached hydrogens (tertiary/aromatic N) is 1. The predicted octanol–water partition coefficient (Wildman–Crippen LogP) is 3.98. The van der Waals surface area contributed by atoms with E-state index in [4.69, 9.17) is 9.47 Å². The number of ether oxygens (including phenoxy) is 2. The summed E-state index contributed by atoms with van der Waals surface area (Å²) in [5, 5.41) is 3.42. The van der Waals surface area contributed by atoms with Gasteiger partial charge in [-0.05, 0) is 74.9 Å². The highest BCUT2D eigenvalue weighted by atomic mass is 35.5. The van der Waals surface area contributed by atoms with Crippen LogP contribution in [0.4, 0.5) is 0 Å². The van der Waals surface area contributed by atoms with Crippen LogP contribution >= 0.6 is 12.4 Å². The predicted molar refractivity (Wildman–Crippen MR) is 115 cm³/mol. The fourth-order valence-corrected chi connectivity index (χ4v) is 5.84. The Kier molecular flexibility index (Phi) is 5.99. The van der Waals surface area contributed by atoms with Gasteiger partial charge in [-0.2, -0.15) is 0 Å². The summed E-state index contributed by atoms with van der Waals surface area (Å²) in [4.78, 5) is 15.4. The van der Waals surface area contributed by atoms with E-state index in [9.17, 15) is 4.79 Å². The Morgan fingerprint density at radius 1 is 1.21 bits per heavy atom. The molecule has 1 saturated carbocycles. The third kappa shape index (κ3) is 3.72. The molecular formula is C23H33ClN2O3. The van der Waals surface area contributed by atoms with Gasteiger partial charge in [0.2, 0.25) is 5.91 Å². The van der Waals surface area contributed by atoms with Crippen LogP contribution in [0.3, 0.4) is 0 Å². The van der Waals surface area contributed by atoms with E-state index in [0.717, 1.165) is 37.6 Å². The van der Waals surface area contributed by atoms with Gasteiger partial charge in [0.15, 0.2) is 11.5 Å². The van der Waals surface area contributed by atoms with Gasteiger partial charge in [-0.15, -0.1) is 12.4 Å². The highest BCUT2D eigenvalue weighted by Gasteiger charge is 2.46. The van der Waals surface area contributed by atoms with E-state index in [1.165, 1.54) is 43.2 Å². The van der Waals surface area contributed by atoms with Crippen molar-refractivity contribution < 1.29 is 14.3 Å². The molecule has 0 bridgehead atoms. The van der Waals surface area contributed by atoms with Crippen LogP contribution in [-0.2, 0) is 10.2 Å². The van der Waals surface area contributed by atoms with Gasteiger partial charge in [0, 0.05) is 18.4 Å². The molecule has 2 fully saturated rings. The van der Waals surface area contributed by atoms with Crippen molar-refractivity contribution in [2.75, 3.05) is 32.8 Å². The van der Waals surface area contributed by atoms with Crippen molar-refractivity contribution in [3.63, 3.8) is 0 Å². The molecule has 1 aromatic carbocycles. The van der Waals surface area contributed by atoms with Crippen molar-refractivity contribution in [1.82, 2.24) is 10.2 Å². The minimum Gasteiger partial charge on any atom is -0.486 e. The Hall–Kier alpha value is -1.46. The van der Waals surface area contributed by atoms with E-state index in [2.05, 4.69) is 29.3 Å². The average molecular weight is 421 g/mol. The number of carbonyl (C=O) groups excluding carboxylic acids is 1. The Morgan fingerprint density at radius 3 is 2.62 bits per heavy atom. The molecule has 6 heteroatoms. The molecule has 3 aliphatic heterocycles. The molecule has 3 heterocycles. The summed E-state index contributed by atoms with van der Waals surface area (Å²) in [7, 11) is 0. The molecule has 5 nitrogen and oxygen atoms in total. The van der Waals surface area contributed by atoms with Crippen molar-refractivity contribution >= 4 is 18.3 Å². The van der Waals surface area contributed by atoms with E-state index in [1.54, 1.807) is 0 Å². The first-order valence-electron chi connectivity index (χ1n) is 11.1. The van der Waals surface area contributed by atoms with Gasteiger partial charge in [-0.1, -0.05) is 12.8 Å². The number of benzene rings is 1. The summed E-state index contributed by atoms with van der Waals surface area (Å²) in [5.41, 5.74) is 2.78. The van der Waals surface area contributed by atoms with E-state index in [0.29, 0.717) is 31.5 Å². The minimum atomic E-state index is 0. The average Bonchev–Trinajstić information content (AvgIpc) is 3.41. The Bertz CT molecular complexity index is 757. The zero-order chi connectivity index (χ0) is 19.1. The van der Waals surface area contributed by atoms with Gasteiger partial charge in [-0.3, -0.25) is 4.79 Å². The molecule has 29 heavy (non-hydrogen) atoms. The van der Waals surface area contributed by atoms with Crippen molar-refractivity contribution in [2.45, 2.75) is 63.3 Å². The monoisotopic (exact) mass is 420 g/mol. The maximum Gasteiger partial charge on any atom is 0.223 e. The summed E-state index contributed by atoms with van der Waals surface area (Å²) in [5.74, 6) is 2.72. The first kappa shape index (κ1) is 20.8. The van der Waals surface area contributed by atoms with E-state index in [-0.39, 0.29) is 23.9 Å². The second-order valence-electron chi connectivity index (χ2n) is 9.17. The van der Waals surface area contributed by atoms with Crippen molar-refractivity contribution in [1.29, 1.82) is 0 Å². The van der Waals surface area contributed by atoms with Gasteiger partial charge in [0.05, 0.1) is 6.04 Å². The molecule has 1 spiro atoms. The molecule has 1 saturated heterocycles. The Balaban J connectivity index is 0.00000205. The maximum atomic E-state index is 13.3. The zero-order valence-corrected chi connectivity index (χ0v) is 18.2. The molecule has 2 atom stereocenters. The van der Waals surface area contributed by atoms with Crippen LogP contribution in [0.1, 0.15) is 69.0 Å². The molecule has 160 valence electrons. The van der Waals surface area contributed by atoms with Crippen molar-refractivity contribution in [3.05, 3.63) is 23.3 Å². The molecule has 0 aromatic heterocycles. The number of rotatable bonds is 3. The first-order chi connectivity index (χ1) is 13.7. The van der Waals surface area contributed by atoms with E-state index >= 15 is 0 Å². The van der Waals surface area contributed by atoms with Crippen LogP contribution in [-0.4, -0.2) is 43.7 Å². The molecule has 0 radical (unpaired) electrons. The molecule has 4 aliphatic rings. The SMILES string of the molecule is CC1c2cc3c(cc2C2(CCCC2)CN1C(=O)CCC1CCNC1)OCCO3.Cl. The molecule has 1 aliphatic carbocycles. The molecule has 2 unspecified atom stereocenters. The van der Waals surface area contributed by atoms with Crippen molar-refractivity contribution in [3.8, 4) is 11.5 Å². The number of amides is 1. The lowest BCUT2D eigenvalue weighted by molar-refractivity contribution is -0.135. The summed E-state index contributed by atoms with van der Waals surface area (Å²) < 4.78 is 11.8. The van der Waals surface area contributed by atoms with Gasteiger partial charge >= 0.3 is 0 Å². The quantitative estimate of drug-likeness (QED) is 0.803. The number of carbonyl (C=O) groups is 1. The second kappa shape index (κ2) is 8.35. The van der Waals surface area contributed by atoms with Crippen LogP contribution in [0.2, 0.25) is 0 Å². The number of halogens is 1. The lowest BCUT2D eigenvalue weighted by atomic mass is 9.71. The topological polar surface area (TPSA) is 50.8 Å². The zero-order valence-electron chi connectivity index (χ0n) is 17.4. The number of fused-ring (bicyclic) bond motifs is 3. The fraction of sp³-hybridized carbons (Fsp3) is 0.696. The summed E-state index contributed by atoms with van der Waals surface area (Å²) in [6.45, 7) is 6.44. The summed E-state index contributed by atoms with van der Waals surface area (Å²) >= 11 is 0. The van der Waals surface area contributed by atoms with Crippen LogP contribution in [0.15, 0.2) is 12.1 Å². The molecule has 5 rings (SSSR count). The fourth-order valence-electron chi connectivity index (χ4n) is 5.84. The van der Waals surface area contributed by atoms with Gasteiger partial charge in [-0.25, -0.2) is 0 Å². The Morgan fingerprint density at radius 2 is 1.93 bits per heavy atom. The van der Waals surface area contributed by atoms with Crippen LogP contribution in [0, 0.1) is 5.92 Å². The molecule has 1 amide bonds. The highest BCUT2D eigenvalue weighted by molar-refractivity contribution is 5.85. The lowest BCUT2D eigenvalue weighted by Gasteiger charge is -2.46. The molecular weight excluding hydrogens is 388 g/mol. The largest absolute Gasteiger partial charge is 0.486 e. The normalized spacial score (nSPS) is 26.9. The highest BCUT2D eigenvalue weighted by Crippen LogP contribution is 2.52. The third-order valence-electron chi connectivity index (χ3n) is 7.49. The summed E-state index contributed by atoms with van der Waals surface area (Å²) in [6, 6.07) is 4.50. The smallest absolute Gasteiger partial charge is 0.223 e. The third-order valence-corrected chi connectivity index (χ3v) is 7.49. The molecule has 1 aromatic rings. The van der Waals surface area contributed by atoms with E-state index in [1.807, 2.05) is 0 Å². The van der Waals surface area contributed by atoms with Crippen molar-refractivity contribution in [2.24, 2.45) is 5.92 Å².